The summed E-state index contributed by atoms with van der Waals surface area (Å²) in [5.41, 5.74) is -0.689. The van der Waals surface area contributed by atoms with E-state index in [4.69, 9.17) is 4.74 Å². The zero-order valence-corrected chi connectivity index (χ0v) is 17.1. The van der Waals surface area contributed by atoms with E-state index in [1.807, 2.05) is 4.90 Å². The molecule has 4 heterocycles. The molecule has 4 fully saturated rings. The second kappa shape index (κ2) is 7.08. The van der Waals surface area contributed by atoms with Crippen LogP contribution in [0.25, 0.3) is 0 Å². The molecule has 4 aliphatic rings. The molecule has 7 nitrogen and oxygen atoms in total. The van der Waals surface area contributed by atoms with Crippen molar-refractivity contribution in [2.24, 2.45) is 11.3 Å². The number of urea groups is 1. The van der Waals surface area contributed by atoms with Crippen molar-refractivity contribution in [2.75, 3.05) is 32.8 Å². The highest BCUT2D eigenvalue weighted by molar-refractivity contribution is 7.09. The average molecular weight is 444 g/mol. The number of aromatic nitrogens is 1. The summed E-state index contributed by atoms with van der Waals surface area (Å²) < 4.78 is 43.6. The minimum Gasteiger partial charge on any atom is -0.366 e. The Morgan fingerprint density at radius 2 is 2.10 bits per heavy atom. The van der Waals surface area contributed by atoms with Gasteiger partial charge in [0.2, 0.25) is 5.91 Å². The fourth-order valence-electron chi connectivity index (χ4n) is 5.32. The van der Waals surface area contributed by atoms with Gasteiger partial charge in [-0.05, 0) is 25.2 Å². The number of carbonyl (C=O) groups is 2. The average Bonchev–Trinajstić information content (AvgIpc) is 3.10. The number of carbonyl (C=O) groups excluding carboxylic acids is 2. The summed E-state index contributed by atoms with van der Waals surface area (Å²) in [5.74, 6) is 0.191. The van der Waals surface area contributed by atoms with Crippen LogP contribution in [-0.4, -0.2) is 71.7 Å². The molecule has 1 aliphatic carbocycles. The second-order valence-electron chi connectivity index (χ2n) is 9.00. The molecule has 11 heteroatoms. The number of likely N-dealkylation sites (tertiary alicyclic amines) is 2. The number of alkyl halides is 3. The lowest BCUT2D eigenvalue weighted by Crippen LogP contribution is -2.68. The van der Waals surface area contributed by atoms with Crippen molar-refractivity contribution in [1.82, 2.24) is 20.1 Å². The Kier molecular flexibility index (Phi) is 4.73. The minimum absolute atomic E-state index is 0.00269. The molecule has 1 saturated carbocycles. The van der Waals surface area contributed by atoms with E-state index in [1.165, 1.54) is 0 Å². The molecule has 164 valence electrons. The molecule has 30 heavy (non-hydrogen) atoms. The van der Waals surface area contributed by atoms with Crippen molar-refractivity contribution in [3.63, 3.8) is 0 Å². The van der Waals surface area contributed by atoms with Crippen LogP contribution >= 0.6 is 11.3 Å². The standard InChI is InChI=1S/C19H23F3N4O3S/c20-19(21,22)14-8-30-16(24-14)3-11-4-18(5-11)9-26(10-18)17(28)25-2-1-13-12(6-25)23-15(27)7-29-13/h8,11-13H,1-7,9-10H2,(H,23,27)/t12-,13+/m1/s1. The molecule has 1 aromatic heterocycles. The summed E-state index contributed by atoms with van der Waals surface area (Å²) in [6.45, 7) is 2.56. The van der Waals surface area contributed by atoms with Crippen LogP contribution in [0.3, 0.4) is 0 Å². The summed E-state index contributed by atoms with van der Waals surface area (Å²) in [5, 5.41) is 4.52. The van der Waals surface area contributed by atoms with Gasteiger partial charge in [0, 0.05) is 43.4 Å². The summed E-state index contributed by atoms with van der Waals surface area (Å²) >= 11 is 1.07. The van der Waals surface area contributed by atoms with Crippen molar-refractivity contribution >= 4 is 23.3 Å². The van der Waals surface area contributed by atoms with Gasteiger partial charge in [-0.2, -0.15) is 13.2 Å². The van der Waals surface area contributed by atoms with Gasteiger partial charge < -0.3 is 19.9 Å². The molecule has 3 amide bonds. The second-order valence-corrected chi connectivity index (χ2v) is 9.94. The van der Waals surface area contributed by atoms with Crippen LogP contribution in [-0.2, 0) is 22.1 Å². The first kappa shape index (κ1) is 20.0. The van der Waals surface area contributed by atoms with Gasteiger partial charge in [0.05, 0.1) is 17.2 Å². The fourth-order valence-corrected chi connectivity index (χ4v) is 6.24. The number of fused-ring (bicyclic) bond motifs is 1. The molecule has 1 aromatic rings. The maximum atomic E-state index is 12.8. The third-order valence-electron chi connectivity index (χ3n) is 6.67. The largest absolute Gasteiger partial charge is 0.434 e. The van der Waals surface area contributed by atoms with E-state index in [-0.39, 0.29) is 36.1 Å². The van der Waals surface area contributed by atoms with Crippen LogP contribution in [0.4, 0.5) is 18.0 Å². The molecule has 3 aliphatic heterocycles. The molecule has 3 saturated heterocycles. The van der Waals surface area contributed by atoms with Crippen LogP contribution in [0.2, 0.25) is 0 Å². The van der Waals surface area contributed by atoms with Crippen molar-refractivity contribution < 1.29 is 27.5 Å². The van der Waals surface area contributed by atoms with Gasteiger partial charge in [-0.15, -0.1) is 11.3 Å². The van der Waals surface area contributed by atoms with Gasteiger partial charge in [0.25, 0.3) is 0 Å². The molecule has 0 aromatic carbocycles. The number of halogens is 3. The lowest BCUT2D eigenvalue weighted by Gasteiger charge is -2.60. The summed E-state index contributed by atoms with van der Waals surface area (Å²) in [4.78, 5) is 31.7. The fraction of sp³-hybridized carbons (Fsp3) is 0.737. The van der Waals surface area contributed by atoms with Crippen molar-refractivity contribution in [3.8, 4) is 0 Å². The molecular formula is C19H23F3N4O3S. The van der Waals surface area contributed by atoms with Crippen LogP contribution in [0.15, 0.2) is 5.38 Å². The number of piperidine rings is 1. The van der Waals surface area contributed by atoms with E-state index < -0.39 is 11.9 Å². The first-order valence-electron chi connectivity index (χ1n) is 10.2. The predicted molar refractivity (Wildman–Crippen MR) is 101 cm³/mol. The Morgan fingerprint density at radius 3 is 2.80 bits per heavy atom. The van der Waals surface area contributed by atoms with Crippen LogP contribution in [0.1, 0.15) is 30.0 Å². The Balaban J connectivity index is 1.08. The topological polar surface area (TPSA) is 74.8 Å². The van der Waals surface area contributed by atoms with E-state index in [0.717, 1.165) is 29.6 Å². The Morgan fingerprint density at radius 1 is 1.33 bits per heavy atom. The molecule has 2 atom stereocenters. The van der Waals surface area contributed by atoms with Crippen LogP contribution in [0.5, 0.6) is 0 Å². The quantitative estimate of drug-likeness (QED) is 0.759. The maximum absolute atomic E-state index is 12.8. The SMILES string of the molecule is O=C1CO[C@H]2CCN(C(=O)N3CC4(CC(Cc5nc(C(F)(F)F)cs5)C4)C3)C[C@H]2N1. The van der Waals surface area contributed by atoms with Gasteiger partial charge in [-0.25, -0.2) is 9.78 Å². The minimum atomic E-state index is -4.38. The van der Waals surface area contributed by atoms with E-state index in [1.54, 1.807) is 4.90 Å². The molecule has 1 N–H and O–H groups in total. The normalized spacial score (nSPS) is 28.6. The van der Waals surface area contributed by atoms with Crippen LogP contribution in [0, 0.1) is 11.3 Å². The summed E-state index contributed by atoms with van der Waals surface area (Å²) in [7, 11) is 0. The van der Waals surface area contributed by atoms with Gasteiger partial charge >= 0.3 is 12.2 Å². The number of thiazole rings is 1. The number of nitrogens with zero attached hydrogens (tertiary/aromatic N) is 3. The molecule has 0 unspecified atom stereocenters. The summed E-state index contributed by atoms with van der Waals surface area (Å²) in [6, 6.07) is -0.149. The van der Waals surface area contributed by atoms with E-state index in [0.29, 0.717) is 49.9 Å². The monoisotopic (exact) mass is 444 g/mol. The zero-order valence-electron chi connectivity index (χ0n) is 16.3. The predicted octanol–water partition coefficient (Wildman–Crippen LogP) is 2.13. The molecule has 0 bridgehead atoms. The third-order valence-corrected chi connectivity index (χ3v) is 7.54. The number of hydrogen-bond donors (Lipinski definition) is 1. The number of morpholine rings is 1. The van der Waals surface area contributed by atoms with Crippen molar-refractivity contribution in [2.45, 2.75) is 44.0 Å². The van der Waals surface area contributed by atoms with Crippen LogP contribution < -0.4 is 5.32 Å². The lowest BCUT2D eigenvalue weighted by atomic mass is 9.57. The van der Waals surface area contributed by atoms with Gasteiger partial charge in [0.15, 0.2) is 5.69 Å². The third kappa shape index (κ3) is 3.66. The maximum Gasteiger partial charge on any atom is 0.434 e. The first-order valence-corrected chi connectivity index (χ1v) is 11.1. The number of hydrogen-bond acceptors (Lipinski definition) is 5. The lowest BCUT2D eigenvalue weighted by molar-refractivity contribution is -0.141. The van der Waals surface area contributed by atoms with E-state index in [2.05, 4.69) is 10.3 Å². The molecular weight excluding hydrogens is 421 g/mol. The molecule has 1 spiro atoms. The Labute approximate surface area is 175 Å². The van der Waals surface area contributed by atoms with E-state index >= 15 is 0 Å². The number of amides is 3. The molecule has 0 radical (unpaired) electrons. The molecule has 5 rings (SSSR count). The van der Waals surface area contributed by atoms with Crippen molar-refractivity contribution in [1.29, 1.82) is 0 Å². The number of ether oxygens (including phenoxy) is 1. The zero-order chi connectivity index (χ0) is 21.1. The number of nitrogens with one attached hydrogen (secondary N) is 1. The van der Waals surface area contributed by atoms with Gasteiger partial charge in [-0.1, -0.05) is 0 Å². The smallest absolute Gasteiger partial charge is 0.366 e. The highest BCUT2D eigenvalue weighted by Gasteiger charge is 2.54. The summed E-state index contributed by atoms with van der Waals surface area (Å²) in [6.07, 6.45) is -1.27. The van der Waals surface area contributed by atoms with Crippen molar-refractivity contribution in [3.05, 3.63) is 16.1 Å². The Hall–Kier alpha value is -1.88. The van der Waals surface area contributed by atoms with Gasteiger partial charge in [-0.3, -0.25) is 4.79 Å². The Bertz CT molecular complexity index is 846. The highest BCUT2D eigenvalue weighted by Crippen LogP contribution is 2.53. The first-order chi connectivity index (χ1) is 14.2. The van der Waals surface area contributed by atoms with E-state index in [9.17, 15) is 22.8 Å². The highest BCUT2D eigenvalue weighted by atomic mass is 32.1. The van der Waals surface area contributed by atoms with Gasteiger partial charge in [0.1, 0.15) is 6.61 Å². The number of rotatable bonds is 2.